The third-order valence-electron chi connectivity index (χ3n) is 4.03. The third-order valence-corrected chi connectivity index (χ3v) is 4.03. The summed E-state index contributed by atoms with van der Waals surface area (Å²) in [5.74, 6) is 0. The van der Waals surface area contributed by atoms with Crippen LogP contribution in [0.2, 0.25) is 0 Å². The van der Waals surface area contributed by atoms with Crippen LogP contribution in [0.3, 0.4) is 0 Å². The Morgan fingerprint density at radius 1 is 1.35 bits per heavy atom. The van der Waals surface area contributed by atoms with Crippen molar-refractivity contribution in [2.24, 2.45) is 0 Å². The van der Waals surface area contributed by atoms with Gasteiger partial charge in [0.1, 0.15) is 0 Å². The zero-order valence-electron chi connectivity index (χ0n) is 14.5. The molecule has 23 heavy (non-hydrogen) atoms. The average molecular weight is 323 g/mol. The number of morpholine rings is 1. The summed E-state index contributed by atoms with van der Waals surface area (Å²) in [6.45, 7) is 11.4. The Kier molecular flexibility index (Phi) is 6.41. The Morgan fingerprint density at radius 3 is 2.65 bits per heavy atom. The molecule has 1 aromatic heterocycles. The lowest BCUT2D eigenvalue weighted by molar-refractivity contribution is -0.0778. The number of amides is 2. The highest BCUT2D eigenvalue weighted by atomic mass is 16.5. The molecule has 7 heteroatoms. The lowest BCUT2D eigenvalue weighted by atomic mass is 10.2. The molecule has 1 aromatic rings. The maximum Gasteiger partial charge on any atom is 0.315 e. The second-order valence-corrected chi connectivity index (χ2v) is 6.54. The summed E-state index contributed by atoms with van der Waals surface area (Å²) >= 11 is 0. The first-order valence-electron chi connectivity index (χ1n) is 8.35. The Balaban J connectivity index is 1.69. The van der Waals surface area contributed by atoms with E-state index < -0.39 is 0 Å². The summed E-state index contributed by atoms with van der Waals surface area (Å²) in [6, 6.07) is 2.05. The molecule has 1 saturated heterocycles. The standard InChI is InChI=1S/C16H29N5O2/c1-12(9-21-7-5-6-18-21)19-16(22)17-8-13(2)20-10-14(3)23-15(4)11-20/h5-7,12-15H,8-11H2,1-4H3,(H2,17,19,22)/t12-,13+,14-,15-/m1/s1. The number of hydrogen-bond donors (Lipinski definition) is 2. The minimum atomic E-state index is -0.133. The maximum atomic E-state index is 12.0. The Labute approximate surface area is 138 Å². The molecular formula is C16H29N5O2. The van der Waals surface area contributed by atoms with Gasteiger partial charge in [0.15, 0.2) is 0 Å². The van der Waals surface area contributed by atoms with Crippen LogP contribution < -0.4 is 10.6 Å². The summed E-state index contributed by atoms with van der Waals surface area (Å²) in [4.78, 5) is 14.4. The summed E-state index contributed by atoms with van der Waals surface area (Å²) in [5, 5.41) is 10.0. The molecule has 1 aliphatic heterocycles. The lowest BCUT2D eigenvalue weighted by Crippen LogP contribution is -2.53. The Hall–Kier alpha value is -1.60. The van der Waals surface area contributed by atoms with Crippen LogP contribution in [0, 0.1) is 0 Å². The van der Waals surface area contributed by atoms with Gasteiger partial charge in [-0.15, -0.1) is 0 Å². The predicted octanol–water partition coefficient (Wildman–Crippen LogP) is 1.07. The lowest BCUT2D eigenvalue weighted by Gasteiger charge is -2.39. The molecule has 0 spiro atoms. The first-order valence-corrected chi connectivity index (χ1v) is 8.35. The number of rotatable bonds is 6. The van der Waals surface area contributed by atoms with E-state index in [1.54, 1.807) is 6.20 Å². The normalized spacial score (nSPS) is 24.9. The van der Waals surface area contributed by atoms with Gasteiger partial charge < -0.3 is 15.4 Å². The largest absolute Gasteiger partial charge is 0.373 e. The van der Waals surface area contributed by atoms with Crippen LogP contribution in [-0.4, -0.2) is 64.6 Å². The summed E-state index contributed by atoms with van der Waals surface area (Å²) in [6.07, 6.45) is 4.10. The quantitative estimate of drug-likeness (QED) is 0.821. The van der Waals surface area contributed by atoms with Crippen molar-refractivity contribution >= 4 is 6.03 Å². The van der Waals surface area contributed by atoms with E-state index in [2.05, 4.69) is 41.4 Å². The molecule has 7 nitrogen and oxygen atoms in total. The molecular weight excluding hydrogens is 294 g/mol. The van der Waals surface area contributed by atoms with Gasteiger partial charge in [0.25, 0.3) is 0 Å². The second kappa shape index (κ2) is 8.31. The molecule has 0 unspecified atom stereocenters. The molecule has 130 valence electrons. The molecule has 0 aliphatic carbocycles. The van der Waals surface area contributed by atoms with E-state index >= 15 is 0 Å². The number of hydrogen-bond acceptors (Lipinski definition) is 4. The van der Waals surface area contributed by atoms with Crippen LogP contribution >= 0.6 is 0 Å². The molecule has 4 atom stereocenters. The second-order valence-electron chi connectivity index (χ2n) is 6.54. The number of urea groups is 1. The highest BCUT2D eigenvalue weighted by molar-refractivity contribution is 5.74. The highest BCUT2D eigenvalue weighted by Crippen LogP contribution is 2.13. The van der Waals surface area contributed by atoms with Gasteiger partial charge in [-0.3, -0.25) is 9.58 Å². The number of nitrogens with one attached hydrogen (secondary N) is 2. The molecule has 2 amide bonds. The molecule has 1 aliphatic rings. The molecule has 2 heterocycles. The minimum Gasteiger partial charge on any atom is -0.373 e. The number of carbonyl (C=O) groups is 1. The van der Waals surface area contributed by atoms with Gasteiger partial charge in [-0.05, 0) is 33.8 Å². The Bertz CT molecular complexity index is 469. The van der Waals surface area contributed by atoms with Gasteiger partial charge in [-0.2, -0.15) is 5.10 Å². The first-order chi connectivity index (χ1) is 10.9. The van der Waals surface area contributed by atoms with Crippen LogP contribution in [0.5, 0.6) is 0 Å². The minimum absolute atomic E-state index is 0.0219. The fourth-order valence-electron chi connectivity index (χ4n) is 2.96. The molecule has 2 rings (SSSR count). The van der Waals surface area contributed by atoms with Gasteiger partial charge in [-0.1, -0.05) is 0 Å². The maximum absolute atomic E-state index is 12.0. The summed E-state index contributed by atoms with van der Waals surface area (Å²) in [7, 11) is 0. The van der Waals surface area contributed by atoms with Gasteiger partial charge in [0.2, 0.25) is 0 Å². The van der Waals surface area contributed by atoms with Gasteiger partial charge >= 0.3 is 6.03 Å². The van der Waals surface area contributed by atoms with E-state index in [1.165, 1.54) is 0 Å². The van der Waals surface area contributed by atoms with E-state index in [4.69, 9.17) is 4.74 Å². The molecule has 0 radical (unpaired) electrons. The van der Waals surface area contributed by atoms with Crippen molar-refractivity contribution in [2.75, 3.05) is 19.6 Å². The van der Waals surface area contributed by atoms with Gasteiger partial charge in [0, 0.05) is 44.1 Å². The summed E-state index contributed by atoms with van der Waals surface area (Å²) < 4.78 is 7.55. The predicted molar refractivity (Wildman–Crippen MR) is 89.3 cm³/mol. The number of carbonyl (C=O) groups excluding carboxylic acids is 1. The van der Waals surface area contributed by atoms with Crippen LogP contribution in [-0.2, 0) is 11.3 Å². The van der Waals surface area contributed by atoms with E-state index in [1.807, 2.05) is 23.9 Å². The van der Waals surface area contributed by atoms with Crippen molar-refractivity contribution < 1.29 is 9.53 Å². The topological polar surface area (TPSA) is 71.4 Å². The molecule has 2 N–H and O–H groups in total. The fraction of sp³-hybridized carbons (Fsp3) is 0.750. The zero-order valence-corrected chi connectivity index (χ0v) is 14.5. The van der Waals surface area contributed by atoms with Gasteiger partial charge in [0.05, 0.1) is 18.8 Å². The molecule has 0 bridgehead atoms. The van der Waals surface area contributed by atoms with E-state index in [9.17, 15) is 4.79 Å². The third kappa shape index (κ3) is 5.84. The van der Waals surface area contributed by atoms with E-state index in [0.29, 0.717) is 13.1 Å². The van der Waals surface area contributed by atoms with Crippen LogP contribution in [0.4, 0.5) is 4.79 Å². The molecule has 0 saturated carbocycles. The molecule has 0 aromatic carbocycles. The van der Waals surface area contributed by atoms with E-state index in [-0.39, 0.29) is 30.3 Å². The smallest absolute Gasteiger partial charge is 0.315 e. The molecule has 1 fully saturated rings. The Morgan fingerprint density at radius 2 is 2.04 bits per heavy atom. The van der Waals surface area contributed by atoms with Crippen LogP contribution in [0.25, 0.3) is 0 Å². The van der Waals surface area contributed by atoms with Crippen molar-refractivity contribution in [3.63, 3.8) is 0 Å². The number of ether oxygens (including phenoxy) is 1. The fourth-order valence-corrected chi connectivity index (χ4v) is 2.96. The van der Waals surface area contributed by atoms with E-state index in [0.717, 1.165) is 13.1 Å². The first kappa shape index (κ1) is 17.7. The summed E-state index contributed by atoms with van der Waals surface area (Å²) in [5.41, 5.74) is 0. The highest BCUT2D eigenvalue weighted by Gasteiger charge is 2.25. The van der Waals surface area contributed by atoms with Crippen molar-refractivity contribution in [3.8, 4) is 0 Å². The van der Waals surface area contributed by atoms with Crippen LogP contribution in [0.1, 0.15) is 27.7 Å². The van der Waals surface area contributed by atoms with Crippen molar-refractivity contribution in [2.45, 2.75) is 58.5 Å². The van der Waals surface area contributed by atoms with Crippen LogP contribution in [0.15, 0.2) is 18.5 Å². The van der Waals surface area contributed by atoms with Crippen molar-refractivity contribution in [1.29, 1.82) is 0 Å². The van der Waals surface area contributed by atoms with Gasteiger partial charge in [-0.25, -0.2) is 4.79 Å². The number of nitrogens with zero attached hydrogens (tertiary/aromatic N) is 3. The SMILES string of the molecule is C[C@H](Cn1cccn1)NC(=O)NC[C@H](C)N1C[C@@H](C)O[C@H](C)C1. The monoisotopic (exact) mass is 323 g/mol. The van der Waals surface area contributed by atoms with Crippen molar-refractivity contribution in [1.82, 2.24) is 25.3 Å². The zero-order chi connectivity index (χ0) is 16.8. The van der Waals surface area contributed by atoms with Crippen molar-refractivity contribution in [3.05, 3.63) is 18.5 Å². The average Bonchev–Trinajstić information content (AvgIpc) is 2.96. The number of aromatic nitrogens is 2.